The Labute approximate surface area is 240 Å². The molecule has 212 valence electrons. The molecule has 1 unspecified atom stereocenters. The van der Waals surface area contributed by atoms with Crippen molar-refractivity contribution in [2.75, 3.05) is 23.3 Å². The van der Waals surface area contributed by atoms with Crippen molar-refractivity contribution >= 4 is 17.4 Å². The van der Waals surface area contributed by atoms with Gasteiger partial charge in [0.05, 0.1) is 7.05 Å². The van der Waals surface area contributed by atoms with E-state index in [9.17, 15) is 4.79 Å². The molecule has 4 aromatic rings. The number of aryl methyl sites for hydroxylation is 1. The van der Waals surface area contributed by atoms with Gasteiger partial charge in [0.15, 0.2) is 0 Å². The van der Waals surface area contributed by atoms with Gasteiger partial charge in [-0.3, -0.25) is 4.79 Å². The lowest BCUT2D eigenvalue weighted by Crippen LogP contribution is -2.54. The number of nitrogens with zero attached hydrogens (tertiary/aromatic N) is 6. The van der Waals surface area contributed by atoms with Crippen LogP contribution in [-0.4, -0.2) is 62.3 Å². The summed E-state index contributed by atoms with van der Waals surface area (Å²) in [5.41, 5.74) is 10.2. The number of tetrazole rings is 1. The Morgan fingerprint density at radius 3 is 2.51 bits per heavy atom. The van der Waals surface area contributed by atoms with Gasteiger partial charge in [-0.25, -0.2) is 4.98 Å². The van der Waals surface area contributed by atoms with Crippen molar-refractivity contribution in [3.63, 3.8) is 0 Å². The van der Waals surface area contributed by atoms with E-state index in [4.69, 9.17) is 5.73 Å². The minimum Gasteiger partial charge on any atom is -0.370 e. The quantitative estimate of drug-likeness (QED) is 0.300. The van der Waals surface area contributed by atoms with E-state index < -0.39 is 5.91 Å². The Balaban J connectivity index is 1.10. The third-order valence-corrected chi connectivity index (χ3v) is 8.21. The van der Waals surface area contributed by atoms with Crippen LogP contribution in [0.15, 0.2) is 66.9 Å². The van der Waals surface area contributed by atoms with Crippen LogP contribution in [0.25, 0.3) is 22.5 Å². The fraction of sp³-hybridized carbons (Fsp3) is 0.387. The third-order valence-electron chi connectivity index (χ3n) is 8.21. The second kappa shape index (κ2) is 12.1. The highest BCUT2D eigenvalue weighted by atomic mass is 16.1. The zero-order valence-corrected chi connectivity index (χ0v) is 23.4. The molecule has 4 N–H and O–H groups in total. The maximum atomic E-state index is 11.7. The summed E-state index contributed by atoms with van der Waals surface area (Å²) in [6.45, 7) is 2.04. The number of amides is 1. The van der Waals surface area contributed by atoms with E-state index >= 15 is 0 Å². The van der Waals surface area contributed by atoms with Gasteiger partial charge in [0.2, 0.25) is 11.7 Å². The Bertz CT molecular complexity index is 1480. The van der Waals surface area contributed by atoms with Gasteiger partial charge in [0.1, 0.15) is 5.82 Å². The summed E-state index contributed by atoms with van der Waals surface area (Å²) in [6.07, 6.45) is 8.85. The summed E-state index contributed by atoms with van der Waals surface area (Å²) in [7, 11) is 1.78. The van der Waals surface area contributed by atoms with E-state index in [0.717, 1.165) is 54.9 Å². The lowest BCUT2D eigenvalue weighted by atomic mass is 9.89. The molecule has 3 atom stereocenters. The molecule has 1 saturated heterocycles. The van der Waals surface area contributed by atoms with E-state index in [1.54, 1.807) is 13.1 Å². The SMILES string of the molecule is Cn1nnc(-c2ccc(N3CCC[C@H](N[C@@H]4CCCCC4Nc4cc(-c5cccc(C(N)=O)c5)ccn4)C3)cc2)n1. The summed E-state index contributed by atoms with van der Waals surface area (Å²) in [5.74, 6) is 1.08. The standard InChI is InChI=1S/C31H37N9O/c1-39-37-31(36-38-39)21-11-13-26(14-12-21)40-17-5-8-25(20-40)34-27-9-2-3-10-28(27)35-29-19-23(15-16-33-29)22-6-4-7-24(18-22)30(32)41/h4,6-7,11-16,18-19,25,27-28,34H,2-3,5,8-10,17,20H2,1H3,(H2,32,41)(H,33,35)/t25-,27+,28?/m0/s1. The number of benzene rings is 2. The van der Waals surface area contributed by atoms with Crippen LogP contribution in [-0.2, 0) is 7.05 Å². The number of pyridine rings is 1. The zero-order chi connectivity index (χ0) is 28.2. The Morgan fingerprint density at radius 2 is 1.73 bits per heavy atom. The van der Waals surface area contributed by atoms with Crippen LogP contribution in [0.1, 0.15) is 48.9 Å². The summed E-state index contributed by atoms with van der Waals surface area (Å²) in [5, 5.41) is 20.1. The number of carbonyl (C=O) groups excluding carboxylic acids is 1. The fourth-order valence-corrected chi connectivity index (χ4v) is 6.11. The molecule has 0 bridgehead atoms. The Hall–Kier alpha value is -4.31. The maximum Gasteiger partial charge on any atom is 0.248 e. The van der Waals surface area contributed by atoms with E-state index in [0.29, 0.717) is 29.5 Å². The van der Waals surface area contributed by atoms with Crippen LogP contribution in [0.4, 0.5) is 11.5 Å². The van der Waals surface area contributed by atoms with Crippen molar-refractivity contribution < 1.29 is 4.79 Å². The topological polar surface area (TPSA) is 127 Å². The first-order valence-corrected chi connectivity index (χ1v) is 14.5. The lowest BCUT2D eigenvalue weighted by Gasteiger charge is -2.40. The van der Waals surface area contributed by atoms with Crippen LogP contribution in [0.3, 0.4) is 0 Å². The van der Waals surface area contributed by atoms with Gasteiger partial charge in [0.25, 0.3) is 0 Å². The van der Waals surface area contributed by atoms with Crippen molar-refractivity contribution in [3.8, 4) is 22.5 Å². The maximum absolute atomic E-state index is 11.7. The van der Waals surface area contributed by atoms with Crippen molar-refractivity contribution in [2.45, 2.75) is 56.7 Å². The number of hydrogen-bond acceptors (Lipinski definition) is 8. The number of rotatable bonds is 8. The minimum absolute atomic E-state index is 0.303. The molecule has 6 rings (SSSR count). The molecular formula is C31H37N9O. The second-order valence-corrected chi connectivity index (χ2v) is 11.1. The first-order valence-electron chi connectivity index (χ1n) is 14.5. The second-order valence-electron chi connectivity index (χ2n) is 11.1. The van der Waals surface area contributed by atoms with E-state index in [1.807, 2.05) is 30.5 Å². The van der Waals surface area contributed by atoms with Crippen LogP contribution in [0, 0.1) is 0 Å². The number of carbonyl (C=O) groups is 1. The highest BCUT2D eigenvalue weighted by molar-refractivity contribution is 5.94. The molecule has 1 amide bonds. The molecule has 2 aliphatic rings. The van der Waals surface area contributed by atoms with Gasteiger partial charge >= 0.3 is 0 Å². The molecule has 10 heteroatoms. The molecular weight excluding hydrogens is 514 g/mol. The highest BCUT2D eigenvalue weighted by Crippen LogP contribution is 2.28. The number of primary amides is 1. The molecule has 2 aromatic carbocycles. The monoisotopic (exact) mass is 551 g/mol. The molecule has 1 saturated carbocycles. The van der Waals surface area contributed by atoms with Gasteiger partial charge in [-0.05, 0) is 90.6 Å². The number of anilines is 2. The normalized spacial score (nSPS) is 21.0. The van der Waals surface area contributed by atoms with Crippen molar-refractivity contribution in [3.05, 3.63) is 72.4 Å². The number of nitrogens with one attached hydrogen (secondary N) is 2. The van der Waals surface area contributed by atoms with E-state index in [2.05, 4.69) is 66.3 Å². The Morgan fingerprint density at radius 1 is 0.927 bits per heavy atom. The average molecular weight is 552 g/mol. The Kier molecular flexibility index (Phi) is 7.91. The predicted octanol–water partition coefficient (Wildman–Crippen LogP) is 4.02. The molecule has 1 aliphatic heterocycles. The first-order chi connectivity index (χ1) is 20.0. The zero-order valence-electron chi connectivity index (χ0n) is 23.4. The summed E-state index contributed by atoms with van der Waals surface area (Å²) < 4.78 is 0. The minimum atomic E-state index is -0.423. The smallest absolute Gasteiger partial charge is 0.248 e. The summed E-state index contributed by atoms with van der Waals surface area (Å²) in [4.78, 5) is 20.2. The van der Waals surface area contributed by atoms with Gasteiger partial charge in [-0.1, -0.05) is 25.0 Å². The number of piperidine rings is 1. The molecule has 2 aromatic heterocycles. The third kappa shape index (κ3) is 6.38. The molecule has 3 heterocycles. The summed E-state index contributed by atoms with van der Waals surface area (Å²) >= 11 is 0. The number of aromatic nitrogens is 5. The van der Waals surface area contributed by atoms with Crippen LogP contribution in [0.2, 0.25) is 0 Å². The predicted molar refractivity (Wildman–Crippen MR) is 160 cm³/mol. The number of hydrogen-bond donors (Lipinski definition) is 3. The fourth-order valence-electron chi connectivity index (χ4n) is 6.11. The molecule has 10 nitrogen and oxygen atoms in total. The molecule has 0 spiro atoms. The van der Waals surface area contributed by atoms with Crippen molar-refractivity contribution in [1.29, 1.82) is 0 Å². The molecule has 41 heavy (non-hydrogen) atoms. The molecule has 0 radical (unpaired) electrons. The highest BCUT2D eigenvalue weighted by Gasteiger charge is 2.29. The number of nitrogens with two attached hydrogens (primary N) is 1. The van der Waals surface area contributed by atoms with Crippen molar-refractivity contribution in [2.24, 2.45) is 12.8 Å². The largest absolute Gasteiger partial charge is 0.370 e. The van der Waals surface area contributed by atoms with Crippen LogP contribution < -0.4 is 21.3 Å². The molecule has 1 aliphatic carbocycles. The van der Waals surface area contributed by atoms with Crippen LogP contribution in [0.5, 0.6) is 0 Å². The molecule has 2 fully saturated rings. The van der Waals surface area contributed by atoms with Gasteiger partial charge in [0, 0.05) is 54.2 Å². The van der Waals surface area contributed by atoms with E-state index in [1.165, 1.54) is 29.7 Å². The lowest BCUT2D eigenvalue weighted by molar-refractivity contribution is 0.100. The van der Waals surface area contributed by atoms with Crippen molar-refractivity contribution in [1.82, 2.24) is 30.5 Å². The van der Waals surface area contributed by atoms with Gasteiger partial charge in [-0.2, -0.15) is 4.80 Å². The average Bonchev–Trinajstić information content (AvgIpc) is 3.45. The summed E-state index contributed by atoms with van der Waals surface area (Å²) in [6, 6.07) is 21.0. The van der Waals surface area contributed by atoms with Crippen LogP contribution >= 0.6 is 0 Å². The van der Waals surface area contributed by atoms with Gasteiger partial charge in [-0.15, -0.1) is 10.2 Å². The first kappa shape index (κ1) is 26.9. The van der Waals surface area contributed by atoms with E-state index in [-0.39, 0.29) is 0 Å². The van der Waals surface area contributed by atoms with Gasteiger partial charge < -0.3 is 21.3 Å².